The zero-order valence-corrected chi connectivity index (χ0v) is 13.3. The van der Waals surface area contributed by atoms with Crippen molar-refractivity contribution in [3.8, 4) is 0 Å². The second-order valence-electron chi connectivity index (χ2n) is 5.54. The van der Waals surface area contributed by atoms with Crippen molar-refractivity contribution in [1.82, 2.24) is 19.9 Å². The van der Waals surface area contributed by atoms with Crippen molar-refractivity contribution in [1.29, 1.82) is 0 Å². The standard InChI is InChI=1S/C15H22N4OS/c1-2-3-14-16-15(20-17-14)11-19-7-5-18(6-8-19)10-13-4-9-21-12-13/h4,9,12H,2-3,5-8,10-11H2,1H3. The van der Waals surface area contributed by atoms with Crippen LogP contribution in [0, 0.1) is 0 Å². The van der Waals surface area contributed by atoms with E-state index in [0.717, 1.165) is 63.8 Å². The number of thiophene rings is 1. The van der Waals surface area contributed by atoms with Crippen molar-refractivity contribution in [3.63, 3.8) is 0 Å². The van der Waals surface area contributed by atoms with Crippen molar-refractivity contribution in [2.24, 2.45) is 0 Å². The van der Waals surface area contributed by atoms with E-state index in [4.69, 9.17) is 4.52 Å². The van der Waals surface area contributed by atoms with Crippen LogP contribution in [0.1, 0.15) is 30.6 Å². The van der Waals surface area contributed by atoms with Gasteiger partial charge in [-0.25, -0.2) is 0 Å². The third-order valence-corrected chi connectivity index (χ3v) is 4.53. The summed E-state index contributed by atoms with van der Waals surface area (Å²) >= 11 is 1.77. The van der Waals surface area contributed by atoms with E-state index in [-0.39, 0.29) is 0 Å². The predicted molar refractivity (Wildman–Crippen MR) is 83.2 cm³/mol. The van der Waals surface area contributed by atoms with Crippen molar-refractivity contribution in [2.75, 3.05) is 26.2 Å². The monoisotopic (exact) mass is 306 g/mol. The Morgan fingerprint density at radius 1 is 1.19 bits per heavy atom. The van der Waals surface area contributed by atoms with Crippen LogP contribution in [0.15, 0.2) is 21.3 Å². The van der Waals surface area contributed by atoms with E-state index in [0.29, 0.717) is 0 Å². The summed E-state index contributed by atoms with van der Waals surface area (Å²) in [7, 11) is 0. The van der Waals surface area contributed by atoms with Crippen LogP contribution in [0.5, 0.6) is 0 Å². The van der Waals surface area contributed by atoms with Gasteiger partial charge in [-0.05, 0) is 28.8 Å². The van der Waals surface area contributed by atoms with Crippen LogP contribution in [-0.4, -0.2) is 46.1 Å². The number of aromatic nitrogens is 2. The van der Waals surface area contributed by atoms with Crippen molar-refractivity contribution in [3.05, 3.63) is 34.1 Å². The SMILES string of the molecule is CCCc1noc(CN2CCN(Cc3ccsc3)CC2)n1. The first-order valence-electron chi connectivity index (χ1n) is 7.60. The van der Waals surface area contributed by atoms with Gasteiger partial charge >= 0.3 is 0 Å². The minimum Gasteiger partial charge on any atom is -0.338 e. The summed E-state index contributed by atoms with van der Waals surface area (Å²) in [6.45, 7) is 8.31. The summed E-state index contributed by atoms with van der Waals surface area (Å²) in [4.78, 5) is 9.35. The molecule has 0 bridgehead atoms. The van der Waals surface area contributed by atoms with Gasteiger partial charge in [0.25, 0.3) is 0 Å². The van der Waals surface area contributed by atoms with Gasteiger partial charge in [-0.15, -0.1) is 0 Å². The van der Waals surface area contributed by atoms with Gasteiger partial charge in [0, 0.05) is 39.1 Å². The van der Waals surface area contributed by atoms with Crippen LogP contribution in [0.4, 0.5) is 0 Å². The van der Waals surface area contributed by atoms with Gasteiger partial charge in [-0.1, -0.05) is 12.1 Å². The minimum absolute atomic E-state index is 0.754. The highest BCUT2D eigenvalue weighted by Gasteiger charge is 2.19. The van der Waals surface area contributed by atoms with Gasteiger partial charge in [-0.2, -0.15) is 16.3 Å². The van der Waals surface area contributed by atoms with E-state index in [9.17, 15) is 0 Å². The third-order valence-electron chi connectivity index (χ3n) is 3.79. The topological polar surface area (TPSA) is 45.4 Å². The van der Waals surface area contributed by atoms with Crippen LogP contribution in [-0.2, 0) is 19.5 Å². The molecule has 3 heterocycles. The van der Waals surface area contributed by atoms with Crippen molar-refractivity contribution >= 4 is 11.3 Å². The lowest BCUT2D eigenvalue weighted by Gasteiger charge is -2.33. The van der Waals surface area contributed by atoms with Gasteiger partial charge in [0.05, 0.1) is 6.54 Å². The summed E-state index contributed by atoms with van der Waals surface area (Å²) in [5, 5.41) is 8.40. The molecule has 21 heavy (non-hydrogen) atoms. The minimum atomic E-state index is 0.754. The average Bonchev–Trinajstić information content (AvgIpc) is 3.14. The fourth-order valence-corrected chi connectivity index (χ4v) is 3.28. The first-order valence-corrected chi connectivity index (χ1v) is 8.55. The van der Waals surface area contributed by atoms with E-state index in [1.807, 2.05) is 0 Å². The molecule has 0 N–H and O–H groups in total. The fourth-order valence-electron chi connectivity index (χ4n) is 2.62. The molecule has 3 rings (SSSR count). The lowest BCUT2D eigenvalue weighted by atomic mass is 10.2. The molecule has 0 spiro atoms. The van der Waals surface area contributed by atoms with Gasteiger partial charge in [-0.3, -0.25) is 9.80 Å². The molecule has 2 aromatic heterocycles. The molecule has 1 aliphatic rings. The van der Waals surface area contributed by atoms with E-state index in [2.05, 4.69) is 43.7 Å². The number of aryl methyl sites for hydroxylation is 1. The molecule has 0 aromatic carbocycles. The number of rotatable bonds is 6. The van der Waals surface area contributed by atoms with E-state index in [1.54, 1.807) is 11.3 Å². The van der Waals surface area contributed by atoms with Gasteiger partial charge in [0.2, 0.25) is 5.89 Å². The quantitative estimate of drug-likeness (QED) is 0.820. The lowest BCUT2D eigenvalue weighted by Crippen LogP contribution is -2.45. The van der Waals surface area contributed by atoms with Crippen molar-refractivity contribution in [2.45, 2.75) is 32.9 Å². The fraction of sp³-hybridized carbons (Fsp3) is 0.600. The highest BCUT2D eigenvalue weighted by molar-refractivity contribution is 7.07. The first kappa shape index (κ1) is 14.7. The van der Waals surface area contributed by atoms with Crippen molar-refractivity contribution < 1.29 is 4.52 Å². The summed E-state index contributed by atoms with van der Waals surface area (Å²) in [6.07, 6.45) is 1.96. The molecule has 5 nitrogen and oxygen atoms in total. The second kappa shape index (κ2) is 7.15. The molecule has 1 saturated heterocycles. The number of piperazine rings is 1. The zero-order chi connectivity index (χ0) is 14.5. The maximum atomic E-state index is 5.32. The van der Waals surface area contributed by atoms with E-state index >= 15 is 0 Å². The Morgan fingerprint density at radius 2 is 1.95 bits per heavy atom. The lowest BCUT2D eigenvalue weighted by molar-refractivity contribution is 0.112. The molecule has 114 valence electrons. The molecule has 1 aliphatic heterocycles. The normalized spacial score (nSPS) is 17.4. The van der Waals surface area contributed by atoms with Gasteiger partial charge in [0.1, 0.15) is 0 Å². The first-order chi connectivity index (χ1) is 10.3. The largest absolute Gasteiger partial charge is 0.338 e. The Bertz CT molecular complexity index is 532. The van der Waals surface area contributed by atoms with Crippen LogP contribution in [0.25, 0.3) is 0 Å². The van der Waals surface area contributed by atoms with Crippen LogP contribution >= 0.6 is 11.3 Å². The molecule has 6 heteroatoms. The maximum absolute atomic E-state index is 5.32. The van der Waals surface area contributed by atoms with Crippen LogP contribution in [0.2, 0.25) is 0 Å². The predicted octanol–water partition coefficient (Wildman–Crippen LogP) is 2.40. The highest BCUT2D eigenvalue weighted by atomic mass is 32.1. The van der Waals surface area contributed by atoms with E-state index in [1.165, 1.54) is 5.56 Å². The van der Waals surface area contributed by atoms with Crippen LogP contribution in [0.3, 0.4) is 0 Å². The molecule has 0 radical (unpaired) electrons. The molecule has 0 aliphatic carbocycles. The second-order valence-corrected chi connectivity index (χ2v) is 6.32. The molecule has 1 fully saturated rings. The summed E-state index contributed by atoms with van der Waals surface area (Å²) in [5.74, 6) is 1.59. The molecule has 2 aromatic rings. The summed E-state index contributed by atoms with van der Waals surface area (Å²) < 4.78 is 5.32. The molecule has 0 amide bonds. The Balaban J connectivity index is 1.44. The summed E-state index contributed by atoms with van der Waals surface area (Å²) in [5.41, 5.74) is 1.43. The number of hydrogen-bond acceptors (Lipinski definition) is 6. The average molecular weight is 306 g/mol. The molecular weight excluding hydrogens is 284 g/mol. The molecule has 0 saturated carbocycles. The highest BCUT2D eigenvalue weighted by Crippen LogP contribution is 2.13. The summed E-state index contributed by atoms with van der Waals surface area (Å²) in [6, 6.07) is 2.21. The van der Waals surface area contributed by atoms with Crippen LogP contribution < -0.4 is 0 Å². The van der Waals surface area contributed by atoms with Gasteiger partial charge < -0.3 is 4.52 Å². The zero-order valence-electron chi connectivity index (χ0n) is 12.5. The molecule has 0 atom stereocenters. The Hall–Kier alpha value is -1.24. The Kier molecular flexibility index (Phi) is 5.00. The Labute approximate surface area is 129 Å². The van der Waals surface area contributed by atoms with Gasteiger partial charge in [0.15, 0.2) is 5.82 Å². The molecule has 0 unspecified atom stereocenters. The Morgan fingerprint density at radius 3 is 2.62 bits per heavy atom. The number of nitrogens with zero attached hydrogens (tertiary/aromatic N) is 4. The smallest absolute Gasteiger partial charge is 0.240 e. The maximum Gasteiger partial charge on any atom is 0.240 e. The van der Waals surface area contributed by atoms with E-state index < -0.39 is 0 Å². The molecular formula is C15H22N4OS. The number of hydrogen-bond donors (Lipinski definition) is 0. The third kappa shape index (κ3) is 4.12.